The SMILES string of the molecule is C#Cc1ccc(-c2ccccc2)cc1.CCN=NNCC. The average Bonchev–Trinajstić information content (AvgIpc) is 2.57. The normalized spacial score (nSPS) is 9.57. The molecule has 0 atom stereocenters. The van der Waals surface area contributed by atoms with Crippen LogP contribution in [0.1, 0.15) is 19.4 Å². The summed E-state index contributed by atoms with van der Waals surface area (Å²) in [6, 6.07) is 18.3. The highest BCUT2D eigenvalue weighted by Gasteiger charge is 1.94. The Labute approximate surface area is 127 Å². The topological polar surface area (TPSA) is 36.8 Å². The van der Waals surface area contributed by atoms with Crippen LogP contribution >= 0.6 is 0 Å². The van der Waals surface area contributed by atoms with Crippen LogP contribution < -0.4 is 5.43 Å². The van der Waals surface area contributed by atoms with Gasteiger partial charge in [0.05, 0.1) is 6.54 Å². The monoisotopic (exact) mass is 279 g/mol. The lowest BCUT2D eigenvalue weighted by Gasteiger charge is -2.00. The first-order valence-electron chi connectivity index (χ1n) is 7.03. The molecule has 0 radical (unpaired) electrons. The third-order valence-corrected chi connectivity index (χ3v) is 2.60. The van der Waals surface area contributed by atoms with Crippen molar-refractivity contribution in [3.63, 3.8) is 0 Å². The largest absolute Gasteiger partial charge is 0.292 e. The molecule has 0 aliphatic carbocycles. The summed E-state index contributed by atoms with van der Waals surface area (Å²) in [5.41, 5.74) is 6.05. The molecule has 0 spiro atoms. The first-order valence-corrected chi connectivity index (χ1v) is 7.03. The van der Waals surface area contributed by atoms with Crippen LogP contribution in [-0.2, 0) is 0 Å². The zero-order chi connectivity index (χ0) is 15.3. The lowest BCUT2D eigenvalue weighted by atomic mass is 10.0. The highest BCUT2D eigenvalue weighted by Crippen LogP contribution is 2.18. The summed E-state index contributed by atoms with van der Waals surface area (Å²) >= 11 is 0. The van der Waals surface area contributed by atoms with Crippen molar-refractivity contribution in [3.8, 4) is 23.5 Å². The highest BCUT2D eigenvalue weighted by molar-refractivity contribution is 5.64. The maximum Gasteiger partial charge on any atom is 0.0592 e. The molecule has 0 aliphatic rings. The van der Waals surface area contributed by atoms with E-state index >= 15 is 0 Å². The third kappa shape index (κ3) is 6.40. The number of nitrogens with zero attached hydrogens (tertiary/aromatic N) is 2. The summed E-state index contributed by atoms with van der Waals surface area (Å²) in [6.07, 6.45) is 5.29. The minimum Gasteiger partial charge on any atom is -0.292 e. The van der Waals surface area contributed by atoms with Crippen LogP contribution in [0.15, 0.2) is 64.9 Å². The summed E-state index contributed by atoms with van der Waals surface area (Å²) in [7, 11) is 0. The Hall–Kier alpha value is -2.60. The Balaban J connectivity index is 0.000000270. The van der Waals surface area contributed by atoms with Gasteiger partial charge in [0, 0.05) is 12.1 Å². The molecule has 3 nitrogen and oxygen atoms in total. The predicted octanol–water partition coefficient (Wildman–Crippen LogP) is 4.32. The molecule has 0 saturated heterocycles. The average molecular weight is 279 g/mol. The Bertz CT molecular complexity index is 566. The highest BCUT2D eigenvalue weighted by atomic mass is 15.4. The maximum atomic E-state index is 5.29. The van der Waals surface area contributed by atoms with E-state index in [-0.39, 0.29) is 0 Å². The zero-order valence-electron chi connectivity index (χ0n) is 12.6. The summed E-state index contributed by atoms with van der Waals surface area (Å²) in [6.45, 7) is 5.53. The van der Waals surface area contributed by atoms with E-state index in [1.807, 2.05) is 56.3 Å². The quantitative estimate of drug-likeness (QED) is 0.505. The molecular weight excluding hydrogens is 258 g/mol. The van der Waals surface area contributed by atoms with Crippen LogP contribution in [0.25, 0.3) is 11.1 Å². The van der Waals surface area contributed by atoms with Crippen molar-refractivity contribution in [2.45, 2.75) is 13.8 Å². The second kappa shape index (κ2) is 10.2. The molecule has 0 heterocycles. The molecule has 0 aliphatic heterocycles. The van der Waals surface area contributed by atoms with Crippen LogP contribution in [0.2, 0.25) is 0 Å². The van der Waals surface area contributed by atoms with Gasteiger partial charge in [-0.2, -0.15) is 5.11 Å². The van der Waals surface area contributed by atoms with Crippen LogP contribution in [-0.4, -0.2) is 13.1 Å². The zero-order valence-corrected chi connectivity index (χ0v) is 12.6. The van der Waals surface area contributed by atoms with E-state index in [0.717, 1.165) is 18.7 Å². The van der Waals surface area contributed by atoms with Gasteiger partial charge in [-0.05, 0) is 37.1 Å². The van der Waals surface area contributed by atoms with Gasteiger partial charge < -0.3 is 0 Å². The van der Waals surface area contributed by atoms with Crippen molar-refractivity contribution in [3.05, 3.63) is 60.2 Å². The fourth-order valence-electron chi connectivity index (χ4n) is 1.58. The fourth-order valence-corrected chi connectivity index (χ4v) is 1.58. The number of hydrogen-bond donors (Lipinski definition) is 1. The molecule has 108 valence electrons. The molecule has 2 aromatic carbocycles. The lowest BCUT2D eigenvalue weighted by Crippen LogP contribution is -2.00. The van der Waals surface area contributed by atoms with Gasteiger partial charge in [-0.3, -0.25) is 5.43 Å². The standard InChI is InChI=1S/C14H10.C4H11N3/c1-2-12-8-10-14(11-9-12)13-6-4-3-5-7-13;1-3-5-7-6-4-2/h1,3-11H;3-4H2,1-2H3,(H,5,6). The maximum absolute atomic E-state index is 5.29. The lowest BCUT2D eigenvalue weighted by molar-refractivity contribution is 0.704. The molecule has 2 aromatic rings. The summed E-state index contributed by atoms with van der Waals surface area (Å²) in [5.74, 6) is 2.61. The van der Waals surface area contributed by atoms with Gasteiger partial charge >= 0.3 is 0 Å². The van der Waals surface area contributed by atoms with Gasteiger partial charge in [-0.25, -0.2) is 0 Å². The number of rotatable bonds is 4. The van der Waals surface area contributed by atoms with Gasteiger partial charge in [0.2, 0.25) is 0 Å². The first kappa shape index (κ1) is 16.5. The molecular formula is C18H21N3. The number of benzene rings is 2. The van der Waals surface area contributed by atoms with Crippen LogP contribution in [0.3, 0.4) is 0 Å². The van der Waals surface area contributed by atoms with E-state index in [2.05, 4.69) is 33.8 Å². The van der Waals surface area contributed by atoms with Crippen molar-refractivity contribution in [2.75, 3.05) is 13.1 Å². The van der Waals surface area contributed by atoms with Gasteiger partial charge in [0.1, 0.15) is 0 Å². The molecule has 1 N–H and O–H groups in total. The fraction of sp³-hybridized carbons (Fsp3) is 0.222. The van der Waals surface area contributed by atoms with Crippen molar-refractivity contribution < 1.29 is 0 Å². The molecule has 0 unspecified atom stereocenters. The summed E-state index contributed by atoms with van der Waals surface area (Å²) < 4.78 is 0. The molecule has 0 saturated carbocycles. The van der Waals surface area contributed by atoms with E-state index in [1.54, 1.807) is 0 Å². The van der Waals surface area contributed by atoms with Crippen molar-refractivity contribution in [1.29, 1.82) is 0 Å². The van der Waals surface area contributed by atoms with Gasteiger partial charge in [0.15, 0.2) is 0 Å². The van der Waals surface area contributed by atoms with Crippen molar-refractivity contribution in [2.24, 2.45) is 10.3 Å². The Morgan fingerprint density at radius 3 is 2.10 bits per heavy atom. The predicted molar refractivity (Wildman–Crippen MR) is 88.9 cm³/mol. The minimum atomic E-state index is 0.757. The molecule has 3 heteroatoms. The van der Waals surface area contributed by atoms with Crippen LogP contribution in [0.5, 0.6) is 0 Å². The second-order valence-electron chi connectivity index (χ2n) is 4.16. The van der Waals surface area contributed by atoms with Gasteiger partial charge in [-0.15, -0.1) is 6.42 Å². The van der Waals surface area contributed by atoms with E-state index < -0.39 is 0 Å². The van der Waals surface area contributed by atoms with Crippen molar-refractivity contribution in [1.82, 2.24) is 5.43 Å². The smallest absolute Gasteiger partial charge is 0.0592 e. The van der Waals surface area contributed by atoms with E-state index in [0.29, 0.717) is 0 Å². The molecule has 0 aromatic heterocycles. The van der Waals surface area contributed by atoms with E-state index in [4.69, 9.17) is 6.42 Å². The minimum absolute atomic E-state index is 0.757. The van der Waals surface area contributed by atoms with E-state index in [1.165, 1.54) is 11.1 Å². The molecule has 0 fully saturated rings. The Kier molecular flexibility index (Phi) is 8.01. The van der Waals surface area contributed by atoms with E-state index in [9.17, 15) is 0 Å². The summed E-state index contributed by atoms with van der Waals surface area (Å²) in [4.78, 5) is 0. The molecule has 0 amide bonds. The Morgan fingerprint density at radius 2 is 1.57 bits per heavy atom. The van der Waals surface area contributed by atoms with Crippen LogP contribution in [0.4, 0.5) is 0 Å². The van der Waals surface area contributed by atoms with Crippen LogP contribution in [0, 0.1) is 12.3 Å². The number of terminal acetylenes is 1. The summed E-state index contributed by atoms with van der Waals surface area (Å²) in [5, 5.41) is 7.26. The Morgan fingerprint density at radius 1 is 0.952 bits per heavy atom. The second-order valence-corrected chi connectivity index (χ2v) is 4.16. The van der Waals surface area contributed by atoms with Crippen molar-refractivity contribution >= 4 is 0 Å². The van der Waals surface area contributed by atoms with Gasteiger partial charge in [-0.1, -0.05) is 53.6 Å². The molecule has 2 rings (SSSR count). The first-order chi connectivity index (χ1) is 10.3. The number of hydrogen-bond acceptors (Lipinski definition) is 2. The van der Waals surface area contributed by atoms with Gasteiger partial charge in [0.25, 0.3) is 0 Å². The molecule has 21 heavy (non-hydrogen) atoms. The third-order valence-electron chi connectivity index (χ3n) is 2.60. The number of nitrogens with one attached hydrogen (secondary N) is 1. The molecule has 0 bridgehead atoms.